The van der Waals surface area contributed by atoms with Crippen molar-refractivity contribution in [3.8, 4) is 0 Å². The highest BCUT2D eigenvalue weighted by Gasteiger charge is 2.63. The molecule has 10 heteroatoms. The molecule has 0 aliphatic rings. The summed E-state index contributed by atoms with van der Waals surface area (Å²) in [5.74, 6) is 0. The Labute approximate surface area is 75.4 Å². The van der Waals surface area contributed by atoms with Crippen LogP contribution in [0.5, 0.6) is 0 Å². The maximum Gasteiger partial charge on any atom is 0.421 e. The van der Waals surface area contributed by atoms with Gasteiger partial charge >= 0.3 is 21.5 Å². The Hall–Kier alpha value is -0.480. The molecule has 14 heavy (non-hydrogen) atoms. The van der Waals surface area contributed by atoms with E-state index < -0.39 is 27.7 Å². The standard InChI is InChI=1S/C4H5F5O4S/c1-13-14(11,12)4(8,9)2(10)3(5,6)7/h2,10H,1H3. The lowest BCUT2D eigenvalue weighted by Crippen LogP contribution is -2.50. The molecule has 0 rings (SSSR count). The van der Waals surface area contributed by atoms with Crippen LogP contribution in [0.25, 0.3) is 0 Å². The van der Waals surface area contributed by atoms with E-state index in [0.717, 1.165) is 0 Å². The Morgan fingerprint density at radius 1 is 1.21 bits per heavy atom. The van der Waals surface area contributed by atoms with Gasteiger partial charge in [0.2, 0.25) is 6.10 Å². The molecule has 0 aromatic carbocycles. The Bertz CT molecular complexity index is 293. The number of alkyl halides is 5. The minimum Gasteiger partial charge on any atom is -0.378 e. The third kappa shape index (κ3) is 2.30. The predicted octanol–water partition coefficient (Wildman–Crippen LogP) is 0.479. The monoisotopic (exact) mass is 244 g/mol. The summed E-state index contributed by atoms with van der Waals surface area (Å²) in [5.41, 5.74) is 0. The van der Waals surface area contributed by atoms with Crippen molar-refractivity contribution < 1.29 is 39.7 Å². The highest BCUT2D eigenvalue weighted by Crippen LogP contribution is 2.36. The van der Waals surface area contributed by atoms with Gasteiger partial charge in [0.15, 0.2) is 0 Å². The van der Waals surface area contributed by atoms with E-state index in [2.05, 4.69) is 4.18 Å². The van der Waals surface area contributed by atoms with Crippen LogP contribution in [0.2, 0.25) is 0 Å². The molecule has 0 spiro atoms. The molecule has 0 saturated carbocycles. The smallest absolute Gasteiger partial charge is 0.378 e. The normalized spacial score (nSPS) is 16.8. The van der Waals surface area contributed by atoms with E-state index in [9.17, 15) is 30.4 Å². The van der Waals surface area contributed by atoms with Gasteiger partial charge in [-0.15, -0.1) is 0 Å². The van der Waals surface area contributed by atoms with Crippen molar-refractivity contribution in [2.24, 2.45) is 0 Å². The number of aliphatic hydroxyl groups excluding tert-OH is 1. The van der Waals surface area contributed by atoms with Gasteiger partial charge in [-0.2, -0.15) is 30.4 Å². The minimum atomic E-state index is -5.78. The van der Waals surface area contributed by atoms with Crippen LogP contribution in [-0.2, 0) is 14.3 Å². The molecule has 1 atom stereocenters. The summed E-state index contributed by atoms with van der Waals surface area (Å²) in [5, 5.41) is 2.62. The lowest BCUT2D eigenvalue weighted by molar-refractivity contribution is -0.248. The van der Waals surface area contributed by atoms with E-state index >= 15 is 0 Å². The van der Waals surface area contributed by atoms with Crippen LogP contribution >= 0.6 is 0 Å². The third-order valence-electron chi connectivity index (χ3n) is 1.18. The molecule has 0 fully saturated rings. The second kappa shape index (κ2) is 3.59. The Morgan fingerprint density at radius 3 is 1.79 bits per heavy atom. The fraction of sp³-hybridized carbons (Fsp3) is 1.00. The summed E-state index contributed by atoms with van der Waals surface area (Å²) in [6, 6.07) is 0. The van der Waals surface area contributed by atoms with Crippen LogP contribution in [0, 0.1) is 0 Å². The average Bonchev–Trinajstić information content (AvgIpc) is 2.01. The molecular formula is C4H5F5O4S. The van der Waals surface area contributed by atoms with Gasteiger partial charge in [0, 0.05) is 0 Å². The Kier molecular flexibility index (Phi) is 3.46. The predicted molar refractivity (Wildman–Crippen MR) is 32.9 cm³/mol. The summed E-state index contributed by atoms with van der Waals surface area (Å²) in [6.07, 6.45) is -10.1. The fourth-order valence-electron chi connectivity index (χ4n) is 0.438. The second-order valence-electron chi connectivity index (χ2n) is 2.13. The molecule has 1 unspecified atom stereocenters. The number of aliphatic hydroxyl groups is 1. The van der Waals surface area contributed by atoms with E-state index in [4.69, 9.17) is 5.11 Å². The van der Waals surface area contributed by atoms with E-state index in [-0.39, 0.29) is 7.11 Å². The van der Waals surface area contributed by atoms with E-state index in [1.807, 2.05) is 0 Å². The van der Waals surface area contributed by atoms with Crippen LogP contribution in [0.4, 0.5) is 22.0 Å². The zero-order valence-corrected chi connectivity index (χ0v) is 7.36. The number of hydrogen-bond donors (Lipinski definition) is 1. The lowest BCUT2D eigenvalue weighted by Gasteiger charge is -2.22. The van der Waals surface area contributed by atoms with Crippen molar-refractivity contribution in [3.63, 3.8) is 0 Å². The molecule has 0 saturated heterocycles. The van der Waals surface area contributed by atoms with Crippen molar-refractivity contribution >= 4 is 10.1 Å². The number of rotatable bonds is 3. The van der Waals surface area contributed by atoms with Gasteiger partial charge in [-0.1, -0.05) is 0 Å². The van der Waals surface area contributed by atoms with Gasteiger partial charge in [0.25, 0.3) is 0 Å². The minimum absolute atomic E-state index is 0.256. The van der Waals surface area contributed by atoms with Crippen LogP contribution in [-0.4, -0.2) is 38.2 Å². The fourth-order valence-corrected chi connectivity index (χ4v) is 1.07. The maximum absolute atomic E-state index is 12.4. The Balaban J connectivity index is 5.18. The van der Waals surface area contributed by atoms with E-state index in [1.165, 1.54) is 0 Å². The molecule has 0 aliphatic carbocycles. The van der Waals surface area contributed by atoms with Crippen LogP contribution in [0.3, 0.4) is 0 Å². The molecule has 0 radical (unpaired) electrons. The van der Waals surface area contributed by atoms with Gasteiger partial charge < -0.3 is 5.11 Å². The number of hydrogen-bond acceptors (Lipinski definition) is 4. The molecule has 0 aromatic heterocycles. The molecule has 1 N–H and O–H groups in total. The Morgan fingerprint density at radius 2 is 1.57 bits per heavy atom. The van der Waals surface area contributed by atoms with E-state index in [0.29, 0.717) is 0 Å². The van der Waals surface area contributed by atoms with Crippen LogP contribution in [0.1, 0.15) is 0 Å². The van der Waals surface area contributed by atoms with Crippen molar-refractivity contribution in [2.45, 2.75) is 17.5 Å². The zero-order valence-electron chi connectivity index (χ0n) is 6.55. The first-order valence-corrected chi connectivity index (χ1v) is 4.30. The van der Waals surface area contributed by atoms with Crippen molar-refractivity contribution in [3.05, 3.63) is 0 Å². The molecule has 0 aromatic rings. The summed E-state index contributed by atoms with van der Waals surface area (Å²) in [4.78, 5) is 0. The lowest BCUT2D eigenvalue weighted by atomic mass is 10.4. The summed E-state index contributed by atoms with van der Waals surface area (Å²) >= 11 is 0. The first-order chi connectivity index (χ1) is 5.97. The van der Waals surface area contributed by atoms with E-state index in [1.54, 1.807) is 0 Å². The first-order valence-electron chi connectivity index (χ1n) is 2.89. The number of halogens is 5. The summed E-state index contributed by atoms with van der Waals surface area (Å²) in [6.45, 7) is 0. The van der Waals surface area contributed by atoms with Gasteiger partial charge in [0.1, 0.15) is 0 Å². The molecule has 0 aliphatic heterocycles. The van der Waals surface area contributed by atoms with Crippen LogP contribution < -0.4 is 0 Å². The highest BCUT2D eigenvalue weighted by molar-refractivity contribution is 7.87. The summed E-state index contributed by atoms with van der Waals surface area (Å²) < 4.78 is 83.2. The van der Waals surface area contributed by atoms with Crippen molar-refractivity contribution in [1.82, 2.24) is 0 Å². The quantitative estimate of drug-likeness (QED) is 0.579. The third-order valence-corrected chi connectivity index (χ3v) is 2.51. The molecule has 0 amide bonds. The topological polar surface area (TPSA) is 63.6 Å². The van der Waals surface area contributed by atoms with Gasteiger partial charge in [-0.3, -0.25) is 4.18 Å². The van der Waals surface area contributed by atoms with Crippen LogP contribution in [0.15, 0.2) is 0 Å². The van der Waals surface area contributed by atoms with Crippen molar-refractivity contribution in [2.75, 3.05) is 7.11 Å². The molecule has 0 heterocycles. The largest absolute Gasteiger partial charge is 0.421 e. The molecular weight excluding hydrogens is 239 g/mol. The average molecular weight is 244 g/mol. The van der Waals surface area contributed by atoms with Gasteiger partial charge in [-0.05, 0) is 0 Å². The highest BCUT2D eigenvalue weighted by atomic mass is 32.2. The SMILES string of the molecule is COS(=O)(=O)C(F)(F)C(O)C(F)(F)F. The van der Waals surface area contributed by atoms with Gasteiger partial charge in [0.05, 0.1) is 7.11 Å². The molecule has 86 valence electrons. The zero-order chi connectivity index (χ0) is 11.8. The molecule has 4 nitrogen and oxygen atoms in total. The molecule has 0 bridgehead atoms. The summed E-state index contributed by atoms with van der Waals surface area (Å²) in [7, 11) is -5.53. The maximum atomic E-state index is 12.4. The van der Waals surface area contributed by atoms with Gasteiger partial charge in [-0.25, -0.2) is 0 Å². The second-order valence-corrected chi connectivity index (χ2v) is 3.91. The first kappa shape index (κ1) is 13.5. The van der Waals surface area contributed by atoms with Crippen molar-refractivity contribution in [1.29, 1.82) is 0 Å².